The third kappa shape index (κ3) is 3.43. The van der Waals surface area contributed by atoms with Gasteiger partial charge in [-0.05, 0) is 30.7 Å². The van der Waals surface area contributed by atoms with Crippen molar-refractivity contribution >= 4 is 21.8 Å². The molecule has 0 spiro atoms. The normalized spacial score (nSPS) is 10.3. The first kappa shape index (κ1) is 12.8. The zero-order chi connectivity index (χ0) is 13.0. The summed E-state index contributed by atoms with van der Waals surface area (Å²) in [5.74, 6) is 0.812. The van der Waals surface area contributed by atoms with E-state index in [-0.39, 0.29) is 5.91 Å². The number of amides is 1. The highest BCUT2D eigenvalue weighted by molar-refractivity contribution is 9.10. The van der Waals surface area contributed by atoms with Crippen molar-refractivity contribution in [2.24, 2.45) is 0 Å². The minimum absolute atomic E-state index is 0.0639. The molecule has 0 aliphatic carbocycles. The summed E-state index contributed by atoms with van der Waals surface area (Å²) < 4.78 is 0.915. The molecule has 0 bridgehead atoms. The van der Waals surface area contributed by atoms with E-state index in [9.17, 15) is 4.79 Å². The fourth-order valence-corrected chi connectivity index (χ4v) is 2.31. The molecule has 0 atom stereocenters. The lowest BCUT2D eigenvalue weighted by molar-refractivity contribution is 0.0954. The molecule has 0 saturated carbocycles. The highest BCUT2D eigenvalue weighted by atomic mass is 79.9. The number of aromatic amines is 1. The molecule has 1 amide bonds. The van der Waals surface area contributed by atoms with Gasteiger partial charge in [0, 0.05) is 35.4 Å². The number of nitrogens with zero attached hydrogens (tertiary/aromatic N) is 1. The molecule has 0 aliphatic heterocycles. The van der Waals surface area contributed by atoms with E-state index in [1.54, 1.807) is 12.4 Å². The zero-order valence-corrected chi connectivity index (χ0v) is 11.6. The predicted octanol–water partition coefficient (Wildman–Crippen LogP) is 2.45. The van der Waals surface area contributed by atoms with Crippen molar-refractivity contribution in [1.29, 1.82) is 0 Å². The van der Waals surface area contributed by atoms with Gasteiger partial charge >= 0.3 is 0 Å². The molecular weight excluding hydrogens is 294 g/mol. The summed E-state index contributed by atoms with van der Waals surface area (Å²) in [7, 11) is 0. The Balaban J connectivity index is 1.91. The quantitative estimate of drug-likeness (QED) is 0.911. The summed E-state index contributed by atoms with van der Waals surface area (Å²) in [6.45, 7) is 2.53. The van der Waals surface area contributed by atoms with Gasteiger partial charge in [-0.15, -0.1) is 0 Å². The fraction of sp³-hybridized carbons (Fsp3) is 0.231. The van der Waals surface area contributed by atoms with Crippen LogP contribution in [-0.2, 0) is 6.42 Å². The van der Waals surface area contributed by atoms with Gasteiger partial charge in [0.05, 0.1) is 0 Å². The maximum absolute atomic E-state index is 11.9. The van der Waals surface area contributed by atoms with Crippen LogP contribution in [0, 0.1) is 6.92 Å². The number of carbonyl (C=O) groups is 1. The number of halogens is 1. The van der Waals surface area contributed by atoms with Crippen molar-refractivity contribution in [2.75, 3.05) is 6.54 Å². The third-order valence-electron chi connectivity index (χ3n) is 2.51. The minimum atomic E-state index is -0.0639. The topological polar surface area (TPSA) is 57.8 Å². The molecule has 0 saturated heterocycles. The van der Waals surface area contributed by atoms with Gasteiger partial charge in [-0.3, -0.25) is 4.79 Å². The van der Waals surface area contributed by atoms with Gasteiger partial charge in [-0.1, -0.05) is 15.9 Å². The number of imidazole rings is 1. The molecule has 0 fully saturated rings. The summed E-state index contributed by atoms with van der Waals surface area (Å²) in [5, 5.41) is 2.87. The summed E-state index contributed by atoms with van der Waals surface area (Å²) in [6, 6.07) is 5.65. The van der Waals surface area contributed by atoms with Gasteiger partial charge < -0.3 is 10.3 Å². The summed E-state index contributed by atoms with van der Waals surface area (Å²) in [4.78, 5) is 19.0. The lowest BCUT2D eigenvalue weighted by atomic mass is 10.1. The molecule has 2 aromatic rings. The van der Waals surface area contributed by atoms with E-state index in [1.165, 1.54) is 0 Å². The van der Waals surface area contributed by atoms with Gasteiger partial charge in [0.15, 0.2) is 0 Å². The summed E-state index contributed by atoms with van der Waals surface area (Å²) in [6.07, 6.45) is 4.18. The lowest BCUT2D eigenvalue weighted by Gasteiger charge is -2.05. The summed E-state index contributed by atoms with van der Waals surface area (Å²) >= 11 is 3.39. The van der Waals surface area contributed by atoms with Gasteiger partial charge in [-0.2, -0.15) is 0 Å². The Morgan fingerprint density at radius 3 is 2.94 bits per heavy atom. The molecule has 0 aliphatic rings. The highest BCUT2D eigenvalue weighted by Crippen LogP contribution is 2.15. The monoisotopic (exact) mass is 307 g/mol. The van der Waals surface area contributed by atoms with Crippen molar-refractivity contribution in [3.05, 3.63) is 52.0 Å². The number of hydrogen-bond acceptors (Lipinski definition) is 2. The molecule has 2 rings (SSSR count). The highest BCUT2D eigenvalue weighted by Gasteiger charge is 2.06. The second-order valence-corrected chi connectivity index (χ2v) is 4.97. The van der Waals surface area contributed by atoms with Crippen molar-refractivity contribution in [3.8, 4) is 0 Å². The number of aryl methyl sites for hydroxylation is 1. The molecule has 94 valence electrons. The van der Waals surface area contributed by atoms with Crippen molar-refractivity contribution in [2.45, 2.75) is 13.3 Å². The van der Waals surface area contributed by atoms with Crippen molar-refractivity contribution in [1.82, 2.24) is 15.3 Å². The van der Waals surface area contributed by atoms with Crippen molar-refractivity contribution < 1.29 is 4.79 Å². The molecule has 1 aromatic carbocycles. The maximum atomic E-state index is 11.9. The van der Waals surface area contributed by atoms with E-state index in [1.807, 2.05) is 25.1 Å². The second kappa shape index (κ2) is 5.82. The average Bonchev–Trinajstić information content (AvgIpc) is 2.80. The Bertz CT molecular complexity index is 517. The Kier molecular flexibility index (Phi) is 4.15. The average molecular weight is 308 g/mol. The van der Waals surface area contributed by atoms with Crippen LogP contribution in [0.1, 0.15) is 21.7 Å². The van der Waals surface area contributed by atoms with Gasteiger partial charge in [0.1, 0.15) is 5.82 Å². The van der Waals surface area contributed by atoms with Crippen LogP contribution in [-0.4, -0.2) is 22.4 Å². The maximum Gasteiger partial charge on any atom is 0.251 e. The van der Waals surface area contributed by atoms with Crippen LogP contribution in [0.3, 0.4) is 0 Å². The SMILES string of the molecule is Cc1cc(Br)cc(C(=O)NCCc2ncc[nH]2)c1. The van der Waals surface area contributed by atoms with Crippen LogP contribution in [0.4, 0.5) is 0 Å². The molecule has 18 heavy (non-hydrogen) atoms. The molecule has 2 N–H and O–H groups in total. The lowest BCUT2D eigenvalue weighted by Crippen LogP contribution is -2.26. The van der Waals surface area contributed by atoms with E-state index in [0.717, 1.165) is 15.9 Å². The van der Waals surface area contributed by atoms with Crippen LogP contribution in [0.2, 0.25) is 0 Å². The Labute approximate surface area is 114 Å². The van der Waals surface area contributed by atoms with E-state index >= 15 is 0 Å². The minimum Gasteiger partial charge on any atom is -0.352 e. The number of carbonyl (C=O) groups excluding carboxylic acids is 1. The van der Waals surface area contributed by atoms with E-state index < -0.39 is 0 Å². The number of aromatic nitrogens is 2. The largest absolute Gasteiger partial charge is 0.352 e. The molecular formula is C13H14BrN3O. The van der Waals surface area contributed by atoms with E-state index in [4.69, 9.17) is 0 Å². The van der Waals surface area contributed by atoms with Gasteiger partial charge in [0.25, 0.3) is 5.91 Å². The van der Waals surface area contributed by atoms with Gasteiger partial charge in [-0.25, -0.2) is 4.98 Å². The van der Waals surface area contributed by atoms with Crippen LogP contribution in [0.15, 0.2) is 35.1 Å². The molecule has 1 heterocycles. The third-order valence-corrected chi connectivity index (χ3v) is 2.96. The molecule has 5 heteroatoms. The number of rotatable bonds is 4. The Hall–Kier alpha value is -1.62. The van der Waals surface area contributed by atoms with Crippen molar-refractivity contribution in [3.63, 3.8) is 0 Å². The Morgan fingerprint density at radius 1 is 1.44 bits per heavy atom. The fourth-order valence-electron chi connectivity index (χ4n) is 1.70. The van der Waals surface area contributed by atoms with E-state index in [2.05, 4.69) is 31.2 Å². The number of H-pyrrole nitrogens is 1. The van der Waals surface area contributed by atoms with Crippen LogP contribution in [0.5, 0.6) is 0 Å². The number of benzene rings is 1. The zero-order valence-electron chi connectivity index (χ0n) is 10.0. The molecule has 4 nitrogen and oxygen atoms in total. The first-order valence-corrected chi connectivity index (χ1v) is 6.48. The van der Waals surface area contributed by atoms with Crippen LogP contribution < -0.4 is 5.32 Å². The smallest absolute Gasteiger partial charge is 0.251 e. The standard InChI is InChI=1S/C13H14BrN3O/c1-9-6-10(8-11(14)7-9)13(18)17-3-2-12-15-4-5-16-12/h4-8H,2-3H2,1H3,(H,15,16)(H,17,18). The predicted molar refractivity (Wildman–Crippen MR) is 73.5 cm³/mol. The molecule has 0 radical (unpaired) electrons. The second-order valence-electron chi connectivity index (χ2n) is 4.06. The van der Waals surface area contributed by atoms with Crippen LogP contribution in [0.25, 0.3) is 0 Å². The number of nitrogens with one attached hydrogen (secondary N) is 2. The first-order valence-electron chi connectivity index (χ1n) is 5.69. The van der Waals surface area contributed by atoms with Gasteiger partial charge in [0.2, 0.25) is 0 Å². The Morgan fingerprint density at radius 2 is 2.28 bits per heavy atom. The molecule has 0 unspecified atom stereocenters. The van der Waals surface area contributed by atoms with E-state index in [0.29, 0.717) is 18.5 Å². The first-order chi connectivity index (χ1) is 8.65. The molecule has 1 aromatic heterocycles. The number of hydrogen-bond donors (Lipinski definition) is 2. The summed E-state index contributed by atoms with van der Waals surface area (Å²) in [5.41, 5.74) is 1.72. The van der Waals surface area contributed by atoms with Crippen LogP contribution >= 0.6 is 15.9 Å².